The molecule has 3 aromatic carbocycles. The first-order valence-corrected chi connectivity index (χ1v) is 29.6. The summed E-state index contributed by atoms with van der Waals surface area (Å²) < 4.78 is 55.8. The first-order chi connectivity index (χ1) is 38.9. The van der Waals surface area contributed by atoms with Gasteiger partial charge >= 0.3 is 11.9 Å². The third-order valence-corrected chi connectivity index (χ3v) is 16.1. The average Bonchev–Trinajstić information content (AvgIpc) is 3.46. The Bertz CT molecular complexity index is 2320. The Labute approximate surface area is 482 Å². The average molecular weight is 1150 g/mol. The molecule has 1 fully saturated rings. The van der Waals surface area contributed by atoms with Crippen LogP contribution < -0.4 is 20.1 Å². The van der Waals surface area contributed by atoms with Crippen LogP contribution in [0.4, 0.5) is 0 Å². The van der Waals surface area contributed by atoms with E-state index in [9.17, 15) is 24.0 Å². The van der Waals surface area contributed by atoms with E-state index in [0.717, 1.165) is 16.7 Å². The van der Waals surface area contributed by atoms with Crippen molar-refractivity contribution in [3.05, 3.63) is 107 Å². The highest BCUT2D eigenvalue weighted by Crippen LogP contribution is 2.46. The molecule has 0 saturated carbocycles. The zero-order valence-electron chi connectivity index (χ0n) is 49.5. The molecule has 4 rings (SSSR count). The third-order valence-electron chi connectivity index (χ3n) is 14.0. The molecule has 6 unspecified atom stereocenters. The number of nitrogens with zero attached hydrogens (tertiary/aromatic N) is 3. The van der Waals surface area contributed by atoms with Gasteiger partial charge < -0.3 is 62.6 Å². The Hall–Kier alpha value is -5.71. The Kier molecular flexibility index (Phi) is 30.7. The van der Waals surface area contributed by atoms with Crippen LogP contribution in [0.1, 0.15) is 130 Å². The topological polar surface area (TPSA) is 203 Å². The first kappa shape index (κ1) is 67.8. The van der Waals surface area contributed by atoms with E-state index in [-0.39, 0.29) is 94.1 Å². The van der Waals surface area contributed by atoms with Crippen molar-refractivity contribution in [2.24, 2.45) is 11.8 Å². The molecule has 448 valence electrons. The fourth-order valence-corrected chi connectivity index (χ4v) is 11.2. The highest BCUT2D eigenvalue weighted by Gasteiger charge is 2.45. The molecule has 1 heterocycles. The second-order valence-electron chi connectivity index (χ2n) is 20.7. The number of unbranched alkanes of at least 4 members (excludes halogenated alkanes) is 3. The highest BCUT2D eigenvalue weighted by atomic mass is 31.2. The number of benzene rings is 3. The summed E-state index contributed by atoms with van der Waals surface area (Å²) in [6.07, 6.45) is 2.69. The third kappa shape index (κ3) is 22.5. The molecule has 0 aromatic heterocycles. The lowest BCUT2D eigenvalue weighted by molar-refractivity contribution is -0.273. The molecule has 2 N–H and O–H groups in total. The van der Waals surface area contributed by atoms with Gasteiger partial charge in [0.2, 0.25) is 24.3 Å². The summed E-state index contributed by atoms with van der Waals surface area (Å²) in [4.78, 5) is 68.1. The molecule has 0 bridgehead atoms. The maximum absolute atomic E-state index is 14.2. The predicted octanol–water partition coefficient (Wildman–Crippen LogP) is 9.39. The van der Waals surface area contributed by atoms with Gasteiger partial charge in [-0.1, -0.05) is 68.4 Å². The van der Waals surface area contributed by atoms with Crippen LogP contribution in [-0.2, 0) is 62.3 Å². The first-order valence-electron chi connectivity index (χ1n) is 28.5. The van der Waals surface area contributed by atoms with Crippen molar-refractivity contribution in [3.63, 3.8) is 0 Å². The molecule has 19 nitrogen and oxygen atoms in total. The quantitative estimate of drug-likeness (QED) is 0.0180. The monoisotopic (exact) mass is 1150 g/mol. The number of ether oxygens (including phenoxy) is 7. The Morgan fingerprint density at radius 2 is 1.20 bits per heavy atom. The second kappa shape index (κ2) is 36.7. The summed E-state index contributed by atoms with van der Waals surface area (Å²) in [6.45, 7) is 24.7. The van der Waals surface area contributed by atoms with Crippen LogP contribution in [0.5, 0.6) is 11.5 Å². The highest BCUT2D eigenvalue weighted by molar-refractivity contribution is 7.44. The van der Waals surface area contributed by atoms with Crippen molar-refractivity contribution in [2.75, 3.05) is 80.0 Å². The van der Waals surface area contributed by atoms with Crippen LogP contribution in [-0.4, -0.2) is 150 Å². The van der Waals surface area contributed by atoms with Gasteiger partial charge in [0.25, 0.3) is 8.53 Å². The van der Waals surface area contributed by atoms with Gasteiger partial charge in [0.05, 0.1) is 27.4 Å². The van der Waals surface area contributed by atoms with Crippen molar-refractivity contribution >= 4 is 38.2 Å². The number of carbonyl (C=O) groups is 5. The van der Waals surface area contributed by atoms with E-state index in [1.807, 2.05) is 92.7 Å². The van der Waals surface area contributed by atoms with Gasteiger partial charge in [-0.15, -0.1) is 0 Å². The number of esters is 2. The molecule has 81 heavy (non-hydrogen) atoms. The van der Waals surface area contributed by atoms with Gasteiger partial charge in [-0.2, -0.15) is 0 Å². The molecule has 0 radical (unpaired) electrons. The summed E-state index contributed by atoms with van der Waals surface area (Å²) in [5.41, 5.74) is 1.56. The van der Waals surface area contributed by atoms with Crippen molar-refractivity contribution in [1.29, 1.82) is 0 Å². The smallest absolute Gasteiger partial charge is 0.303 e. The molecule has 3 aromatic rings. The van der Waals surface area contributed by atoms with E-state index in [2.05, 4.69) is 47.8 Å². The summed E-state index contributed by atoms with van der Waals surface area (Å²) in [7, 11) is 1.74. The zero-order chi connectivity index (χ0) is 59.2. The fraction of sp³-hybridized carbons (Fsp3) is 0.607. The summed E-state index contributed by atoms with van der Waals surface area (Å²) in [5.74, 6) is 0.0647. The van der Waals surface area contributed by atoms with E-state index in [1.54, 1.807) is 19.1 Å². The number of methoxy groups -OCH3 is 2. The van der Waals surface area contributed by atoms with Gasteiger partial charge in [-0.05, 0) is 107 Å². The molecule has 20 heteroatoms. The zero-order valence-corrected chi connectivity index (χ0v) is 50.4. The standard InChI is InChI=1S/C61H90N5O14P/c1-44(2)66(45(3)4)81(77-40-36-62-9)78-42-38-65(37-41-76-61(50-21-13-12-14-22-50,51-26-30-53(72-10)31-27-51)52-28-32-54(73-11)33-29-52)58(71)25-16-19-35-64-56(69)23-15-18-34-63-57(70)24-17-20-39-74-60-47(6)46(5)59(79-49(8)68)55(80-60)43-75-48(7)67/h12-14,21-22,26-33,44-47,55,59-60H,15-20,23-25,34-43H2,1-8,10-11H3,(H,63,70)(H,64,69). The van der Waals surface area contributed by atoms with E-state index in [4.69, 9.17) is 48.8 Å². The Morgan fingerprint density at radius 3 is 1.73 bits per heavy atom. The lowest BCUT2D eigenvalue weighted by Crippen LogP contribution is -2.53. The number of hydrogen-bond donors (Lipinski definition) is 2. The van der Waals surface area contributed by atoms with Crippen LogP contribution in [0.3, 0.4) is 0 Å². The molecule has 3 amide bonds. The molecule has 6 atom stereocenters. The minimum atomic E-state index is -1.52. The van der Waals surface area contributed by atoms with Gasteiger partial charge in [0.15, 0.2) is 6.29 Å². The van der Waals surface area contributed by atoms with Gasteiger partial charge in [0, 0.05) is 89.8 Å². The minimum Gasteiger partial charge on any atom is -0.497 e. The molecular formula is C61H90N5O14P. The normalized spacial score (nSPS) is 17.5. The van der Waals surface area contributed by atoms with Crippen LogP contribution in [0.2, 0.25) is 0 Å². The largest absolute Gasteiger partial charge is 0.497 e. The number of carbonyl (C=O) groups excluding carboxylic acids is 5. The van der Waals surface area contributed by atoms with Gasteiger partial charge in [-0.25, -0.2) is 11.2 Å². The number of nitrogens with one attached hydrogen (secondary N) is 2. The van der Waals surface area contributed by atoms with Crippen LogP contribution in [0.15, 0.2) is 78.9 Å². The van der Waals surface area contributed by atoms with Crippen molar-refractivity contribution < 1.29 is 66.2 Å². The van der Waals surface area contributed by atoms with Crippen LogP contribution >= 0.6 is 8.53 Å². The summed E-state index contributed by atoms with van der Waals surface area (Å²) in [6, 6.07) is 25.8. The van der Waals surface area contributed by atoms with Crippen LogP contribution in [0, 0.1) is 18.4 Å². The van der Waals surface area contributed by atoms with Crippen molar-refractivity contribution in [3.8, 4) is 11.5 Å². The molecule has 1 saturated heterocycles. The SMILES string of the molecule is [C-]#[N+]CCOP(OCCN(CCOC(c1ccccc1)(c1ccc(OC)cc1)c1ccc(OC)cc1)C(=O)CCCCNC(=O)CCCCNC(=O)CCCCOC1OC(COC(C)=O)C(OC(C)=O)C(C)C1C)N(C(C)C)C(C)C. The molecule has 0 aliphatic carbocycles. The molecule has 1 aliphatic rings. The number of amides is 3. The minimum absolute atomic E-state index is 0.0587. The molecular weight excluding hydrogens is 1060 g/mol. The predicted molar refractivity (Wildman–Crippen MR) is 310 cm³/mol. The maximum Gasteiger partial charge on any atom is 0.303 e. The number of rotatable bonds is 38. The van der Waals surface area contributed by atoms with E-state index >= 15 is 0 Å². The van der Waals surface area contributed by atoms with Gasteiger partial charge in [0.1, 0.15) is 42.5 Å². The van der Waals surface area contributed by atoms with E-state index in [0.29, 0.717) is 82.6 Å². The van der Waals surface area contributed by atoms with Crippen molar-refractivity contribution in [1.82, 2.24) is 20.2 Å². The Morgan fingerprint density at radius 1 is 0.667 bits per heavy atom. The second-order valence-corrected chi connectivity index (χ2v) is 22.1. The maximum atomic E-state index is 14.2. The molecule has 0 spiro atoms. The number of hydrogen-bond acceptors (Lipinski definition) is 15. The summed E-state index contributed by atoms with van der Waals surface area (Å²) in [5, 5.41) is 5.92. The fourth-order valence-electron chi connectivity index (χ4n) is 9.63. The lowest BCUT2D eigenvalue weighted by atomic mass is 9.80. The Balaban J connectivity index is 1.28. The van der Waals surface area contributed by atoms with Crippen LogP contribution in [0.25, 0.3) is 4.85 Å². The van der Waals surface area contributed by atoms with Gasteiger partial charge in [-0.3, -0.25) is 24.0 Å². The van der Waals surface area contributed by atoms with E-state index < -0.39 is 44.6 Å². The van der Waals surface area contributed by atoms with Crippen molar-refractivity contribution in [2.45, 2.75) is 149 Å². The molecule has 1 aliphatic heterocycles. The van der Waals surface area contributed by atoms with E-state index in [1.165, 1.54) is 13.8 Å². The lowest BCUT2D eigenvalue weighted by Gasteiger charge is -2.43. The summed E-state index contributed by atoms with van der Waals surface area (Å²) >= 11 is 0.